The Kier molecular flexibility index (Phi) is 10.2. The van der Waals surface area contributed by atoms with Gasteiger partial charge in [0, 0.05) is 31.7 Å². The average molecular weight is 856 g/mol. The summed E-state index contributed by atoms with van der Waals surface area (Å²) in [6.45, 7) is 4.39. The summed E-state index contributed by atoms with van der Waals surface area (Å²) in [7, 11) is 0. The molecule has 0 saturated carbocycles. The van der Waals surface area contributed by atoms with Gasteiger partial charge in [-0.3, -0.25) is 14.4 Å². The van der Waals surface area contributed by atoms with Crippen LogP contribution >= 0.6 is 11.6 Å². The van der Waals surface area contributed by atoms with Crippen LogP contribution in [0, 0.1) is 6.92 Å². The maximum Gasteiger partial charge on any atom is 0.416 e. The van der Waals surface area contributed by atoms with Crippen molar-refractivity contribution in [3.05, 3.63) is 116 Å². The van der Waals surface area contributed by atoms with E-state index < -0.39 is 23.2 Å². The Morgan fingerprint density at radius 3 is 2.44 bits per heavy atom. The Morgan fingerprint density at radius 1 is 0.967 bits per heavy atom. The average Bonchev–Trinajstić information content (AvgIpc) is 3.91. The van der Waals surface area contributed by atoms with E-state index >= 15 is 0 Å². The van der Waals surface area contributed by atoms with Gasteiger partial charge < -0.3 is 33.9 Å². The Morgan fingerprint density at radius 2 is 1.72 bits per heavy atom. The molecule has 3 aromatic carbocycles. The SMILES string of the molecule is CCc1c(N2CCN(C(=O)c3ncnc(C)c3OCc3ccccc3)CC2)c(=O)n2nc(-c3ccc4c(c3)OCO4)nc2n1CC(=O)Nc1c(Cl)cc(C(F)(F)F)c2c1CC2. The van der Waals surface area contributed by atoms with E-state index in [9.17, 15) is 27.6 Å². The number of piperazine rings is 1. The number of amides is 2. The fraction of sp³-hybridized carbons (Fsp3) is 0.310. The topological polar surface area (TPSA) is 158 Å². The molecule has 19 heteroatoms. The molecule has 314 valence electrons. The highest BCUT2D eigenvalue weighted by Gasteiger charge is 2.39. The summed E-state index contributed by atoms with van der Waals surface area (Å²) in [6.07, 6.45) is -2.47. The Labute approximate surface area is 350 Å². The molecule has 1 aliphatic carbocycles. The largest absolute Gasteiger partial charge is 0.485 e. The van der Waals surface area contributed by atoms with Crippen LogP contribution in [0.25, 0.3) is 17.2 Å². The quantitative estimate of drug-likeness (QED) is 0.175. The van der Waals surface area contributed by atoms with Gasteiger partial charge in [0.1, 0.15) is 25.2 Å². The van der Waals surface area contributed by atoms with Crippen molar-refractivity contribution in [2.45, 2.75) is 52.4 Å². The molecule has 6 aromatic rings. The van der Waals surface area contributed by atoms with Gasteiger partial charge >= 0.3 is 6.18 Å². The summed E-state index contributed by atoms with van der Waals surface area (Å²) < 4.78 is 61.2. The molecule has 1 fully saturated rings. The zero-order valence-corrected chi connectivity index (χ0v) is 33.6. The Balaban J connectivity index is 1.04. The van der Waals surface area contributed by atoms with Gasteiger partial charge in [-0.15, -0.1) is 5.10 Å². The maximum absolute atomic E-state index is 14.6. The summed E-state index contributed by atoms with van der Waals surface area (Å²) in [6, 6.07) is 15.5. The summed E-state index contributed by atoms with van der Waals surface area (Å²) >= 11 is 6.38. The number of benzene rings is 3. The Bertz CT molecular complexity index is 2790. The smallest absolute Gasteiger partial charge is 0.416 e. The summed E-state index contributed by atoms with van der Waals surface area (Å²) in [5.74, 6) is 0.597. The number of alkyl halides is 3. The molecule has 1 saturated heterocycles. The first-order valence-corrected chi connectivity index (χ1v) is 19.9. The lowest BCUT2D eigenvalue weighted by Gasteiger charge is -2.36. The number of hydrogen-bond acceptors (Lipinski definition) is 11. The molecule has 9 rings (SSSR count). The number of aryl methyl sites for hydroxylation is 1. The van der Waals surface area contributed by atoms with Crippen LogP contribution in [0.2, 0.25) is 5.02 Å². The van der Waals surface area contributed by atoms with Crippen LogP contribution in [0.4, 0.5) is 24.5 Å². The Hall–Kier alpha value is -6.69. The number of ether oxygens (including phenoxy) is 3. The van der Waals surface area contributed by atoms with Crippen LogP contribution in [-0.4, -0.2) is 78.8 Å². The van der Waals surface area contributed by atoms with Gasteiger partial charge in [-0.25, -0.2) is 9.97 Å². The molecule has 0 unspecified atom stereocenters. The molecule has 2 aliphatic heterocycles. The van der Waals surface area contributed by atoms with Crippen molar-refractivity contribution in [1.29, 1.82) is 0 Å². The molecule has 0 atom stereocenters. The van der Waals surface area contributed by atoms with Gasteiger partial charge in [-0.05, 0) is 67.1 Å². The highest BCUT2D eigenvalue weighted by molar-refractivity contribution is 6.34. The van der Waals surface area contributed by atoms with Crippen LogP contribution in [0.3, 0.4) is 0 Å². The van der Waals surface area contributed by atoms with Crippen molar-refractivity contribution in [1.82, 2.24) is 34.0 Å². The normalized spacial score (nSPS) is 14.5. The van der Waals surface area contributed by atoms with Crippen molar-refractivity contribution in [3.8, 4) is 28.6 Å². The van der Waals surface area contributed by atoms with Gasteiger partial charge in [-0.1, -0.05) is 48.9 Å². The second kappa shape index (κ2) is 15.7. The van der Waals surface area contributed by atoms with Crippen molar-refractivity contribution in [3.63, 3.8) is 0 Å². The monoisotopic (exact) mass is 855 g/mol. The molecule has 61 heavy (non-hydrogen) atoms. The van der Waals surface area contributed by atoms with Gasteiger partial charge in [-0.2, -0.15) is 22.7 Å². The number of aromatic nitrogens is 6. The third kappa shape index (κ3) is 7.34. The lowest BCUT2D eigenvalue weighted by atomic mass is 9.83. The van der Waals surface area contributed by atoms with Crippen LogP contribution in [0.15, 0.2) is 65.7 Å². The highest BCUT2D eigenvalue weighted by Crippen LogP contribution is 2.45. The van der Waals surface area contributed by atoms with E-state index in [0.29, 0.717) is 40.4 Å². The number of anilines is 2. The molecule has 2 amide bonds. The molecular weight excluding hydrogens is 819 g/mol. The number of carbonyl (C=O) groups excluding carboxylic acids is 2. The highest BCUT2D eigenvalue weighted by atomic mass is 35.5. The number of fused-ring (bicyclic) bond motifs is 3. The second-order valence-electron chi connectivity index (χ2n) is 14.7. The third-order valence-corrected chi connectivity index (χ3v) is 11.4. The molecule has 1 N–H and O–H groups in total. The van der Waals surface area contributed by atoms with E-state index in [1.165, 1.54) is 6.33 Å². The van der Waals surface area contributed by atoms with E-state index in [2.05, 4.69) is 20.4 Å². The van der Waals surface area contributed by atoms with Gasteiger partial charge in [0.05, 0.1) is 27.7 Å². The van der Waals surface area contributed by atoms with Crippen LogP contribution in [0.5, 0.6) is 17.2 Å². The van der Waals surface area contributed by atoms with E-state index in [0.717, 1.165) is 16.1 Å². The van der Waals surface area contributed by atoms with Crippen molar-refractivity contribution in [2.75, 3.05) is 43.2 Å². The van der Waals surface area contributed by atoms with E-state index in [4.69, 9.17) is 30.8 Å². The van der Waals surface area contributed by atoms with E-state index in [1.54, 1.807) is 34.6 Å². The molecule has 0 spiro atoms. The lowest BCUT2D eigenvalue weighted by Crippen LogP contribution is -2.51. The minimum atomic E-state index is -4.60. The second-order valence-corrected chi connectivity index (χ2v) is 15.1. The number of rotatable bonds is 10. The fourth-order valence-electron chi connectivity index (χ4n) is 7.98. The summed E-state index contributed by atoms with van der Waals surface area (Å²) in [5.41, 5.74) is 2.06. The molecule has 0 bridgehead atoms. The lowest BCUT2D eigenvalue weighted by molar-refractivity contribution is -0.138. The fourth-order valence-corrected chi connectivity index (χ4v) is 8.25. The van der Waals surface area contributed by atoms with Crippen LogP contribution in [-0.2, 0) is 43.4 Å². The molecule has 5 heterocycles. The number of halogens is 4. The number of nitrogens with one attached hydrogen (secondary N) is 1. The van der Waals surface area contributed by atoms with Crippen molar-refractivity contribution in [2.24, 2.45) is 0 Å². The standard InChI is InChI=1S/C42H37ClF3N9O6/c1-3-30-36(52-13-15-53(16-14-52)39(57)35-37(23(2)47-21-48-35)59-20-24-7-5-4-6-8-24)40(58)55-41(50-38(51-55)25-9-12-31-32(17-25)61-22-60-31)54(30)19-33(56)49-34-27-11-10-26(27)28(18-29(34)43)42(44,45)46/h4-9,12,17-18,21H,3,10-11,13-16,19-20,22H2,1-2H3,(H,49,56). The number of carbonyl (C=O) groups is 2. The summed E-state index contributed by atoms with van der Waals surface area (Å²) in [4.78, 5) is 59.3. The molecule has 0 radical (unpaired) electrons. The summed E-state index contributed by atoms with van der Waals surface area (Å²) in [5, 5.41) is 7.13. The van der Waals surface area contributed by atoms with Gasteiger partial charge in [0.15, 0.2) is 28.8 Å². The number of nitrogens with zero attached hydrogens (tertiary/aromatic N) is 8. The first-order valence-electron chi connectivity index (χ1n) is 19.6. The molecule has 15 nitrogen and oxygen atoms in total. The van der Waals surface area contributed by atoms with Gasteiger partial charge in [0.25, 0.3) is 11.5 Å². The van der Waals surface area contributed by atoms with Crippen molar-refractivity contribution < 1.29 is 37.0 Å². The third-order valence-electron chi connectivity index (χ3n) is 11.1. The van der Waals surface area contributed by atoms with Gasteiger partial charge in [0.2, 0.25) is 18.5 Å². The molecule has 3 aliphatic rings. The first-order chi connectivity index (χ1) is 29.4. The predicted molar refractivity (Wildman–Crippen MR) is 216 cm³/mol. The zero-order chi connectivity index (χ0) is 42.6. The van der Waals surface area contributed by atoms with Crippen LogP contribution < -0.4 is 30.0 Å². The molecule has 3 aromatic heterocycles. The number of hydrogen-bond donors (Lipinski definition) is 1. The molecular formula is C42H37ClF3N9O6. The minimum absolute atomic E-state index is 0.0490. The van der Waals surface area contributed by atoms with E-state index in [1.807, 2.05) is 42.2 Å². The predicted octanol–water partition coefficient (Wildman–Crippen LogP) is 5.90. The van der Waals surface area contributed by atoms with Crippen LogP contribution in [0.1, 0.15) is 51.1 Å². The first kappa shape index (κ1) is 39.8. The zero-order valence-electron chi connectivity index (χ0n) is 32.9. The van der Waals surface area contributed by atoms with E-state index in [-0.39, 0.29) is 110 Å². The van der Waals surface area contributed by atoms with Crippen molar-refractivity contribution >= 4 is 40.6 Å². The minimum Gasteiger partial charge on any atom is -0.485 e. The maximum atomic E-state index is 14.6.